The smallest absolute Gasteiger partial charge is 0.0278 e. The molecular formula is C16H28N2. The zero-order valence-corrected chi connectivity index (χ0v) is 12.5. The van der Waals surface area contributed by atoms with Gasteiger partial charge in [0, 0.05) is 12.6 Å². The lowest BCUT2D eigenvalue weighted by Crippen LogP contribution is -2.39. The summed E-state index contributed by atoms with van der Waals surface area (Å²) in [6.07, 6.45) is 1.16. The molecule has 2 atom stereocenters. The lowest BCUT2D eigenvalue weighted by Gasteiger charge is -2.29. The molecule has 102 valence electrons. The number of likely N-dealkylation sites (N-methyl/N-ethyl adjacent to an activating group) is 1. The summed E-state index contributed by atoms with van der Waals surface area (Å²) in [6.45, 7) is 7.47. The molecule has 2 heteroatoms. The highest BCUT2D eigenvalue weighted by atomic mass is 15.1. The van der Waals surface area contributed by atoms with Gasteiger partial charge in [-0.15, -0.1) is 0 Å². The first-order chi connectivity index (χ1) is 8.45. The SMILES string of the molecule is CC(C)Cc1ccc(C(C)C(CN)N(C)C)cc1. The van der Waals surface area contributed by atoms with Crippen molar-refractivity contribution in [3.63, 3.8) is 0 Å². The van der Waals surface area contributed by atoms with E-state index in [-0.39, 0.29) is 0 Å². The van der Waals surface area contributed by atoms with E-state index in [9.17, 15) is 0 Å². The van der Waals surface area contributed by atoms with E-state index in [1.165, 1.54) is 11.1 Å². The molecule has 18 heavy (non-hydrogen) atoms. The highest BCUT2D eigenvalue weighted by Gasteiger charge is 2.19. The fourth-order valence-corrected chi connectivity index (χ4v) is 2.51. The van der Waals surface area contributed by atoms with E-state index in [0.29, 0.717) is 24.4 Å². The Labute approximate surface area is 112 Å². The first-order valence-corrected chi connectivity index (χ1v) is 6.91. The van der Waals surface area contributed by atoms with Crippen molar-refractivity contribution in [1.29, 1.82) is 0 Å². The van der Waals surface area contributed by atoms with Crippen molar-refractivity contribution in [1.82, 2.24) is 4.90 Å². The number of benzene rings is 1. The summed E-state index contributed by atoms with van der Waals surface area (Å²) in [6, 6.07) is 9.44. The molecule has 1 aromatic rings. The summed E-state index contributed by atoms with van der Waals surface area (Å²) in [5.74, 6) is 1.19. The van der Waals surface area contributed by atoms with Crippen LogP contribution in [-0.2, 0) is 6.42 Å². The molecule has 2 N–H and O–H groups in total. The Hall–Kier alpha value is -0.860. The number of nitrogens with two attached hydrogens (primary N) is 1. The Morgan fingerprint density at radius 1 is 1.06 bits per heavy atom. The van der Waals surface area contributed by atoms with Gasteiger partial charge in [0.15, 0.2) is 0 Å². The molecule has 2 nitrogen and oxygen atoms in total. The van der Waals surface area contributed by atoms with Crippen LogP contribution in [0.25, 0.3) is 0 Å². The second kappa shape index (κ2) is 6.91. The summed E-state index contributed by atoms with van der Waals surface area (Å²) < 4.78 is 0. The molecule has 0 saturated carbocycles. The van der Waals surface area contributed by atoms with Gasteiger partial charge in [-0.1, -0.05) is 45.0 Å². The average molecular weight is 248 g/mol. The van der Waals surface area contributed by atoms with Crippen molar-refractivity contribution in [2.24, 2.45) is 11.7 Å². The highest BCUT2D eigenvalue weighted by Crippen LogP contribution is 2.22. The minimum atomic E-state index is 0.404. The summed E-state index contributed by atoms with van der Waals surface area (Å²) >= 11 is 0. The van der Waals surface area contributed by atoms with Crippen molar-refractivity contribution in [2.75, 3.05) is 20.6 Å². The third-order valence-electron chi connectivity index (χ3n) is 3.63. The second-order valence-electron chi connectivity index (χ2n) is 5.89. The fourth-order valence-electron chi connectivity index (χ4n) is 2.51. The summed E-state index contributed by atoms with van der Waals surface area (Å²) in [5, 5.41) is 0. The topological polar surface area (TPSA) is 29.3 Å². The van der Waals surface area contributed by atoms with Gasteiger partial charge in [0.25, 0.3) is 0 Å². The van der Waals surface area contributed by atoms with E-state index in [2.05, 4.69) is 64.0 Å². The summed E-state index contributed by atoms with van der Waals surface area (Å²) in [7, 11) is 4.20. The summed E-state index contributed by atoms with van der Waals surface area (Å²) in [5.41, 5.74) is 8.67. The van der Waals surface area contributed by atoms with Gasteiger partial charge in [-0.3, -0.25) is 0 Å². The molecule has 0 amide bonds. The molecule has 1 aromatic carbocycles. The maximum atomic E-state index is 5.87. The van der Waals surface area contributed by atoms with Crippen LogP contribution in [-0.4, -0.2) is 31.6 Å². The van der Waals surface area contributed by atoms with Crippen LogP contribution in [0.2, 0.25) is 0 Å². The molecule has 0 bridgehead atoms. The van der Waals surface area contributed by atoms with Gasteiger partial charge in [-0.2, -0.15) is 0 Å². The molecule has 0 heterocycles. The molecule has 0 aliphatic rings. The lowest BCUT2D eigenvalue weighted by atomic mass is 9.91. The molecule has 0 spiro atoms. The Kier molecular flexibility index (Phi) is 5.83. The molecule has 1 rings (SSSR count). The van der Waals surface area contributed by atoms with E-state index < -0.39 is 0 Å². The molecule has 0 radical (unpaired) electrons. The van der Waals surface area contributed by atoms with E-state index in [1.807, 2.05) is 0 Å². The quantitative estimate of drug-likeness (QED) is 0.839. The van der Waals surface area contributed by atoms with Crippen LogP contribution in [0.15, 0.2) is 24.3 Å². The van der Waals surface area contributed by atoms with E-state index >= 15 is 0 Å². The van der Waals surface area contributed by atoms with Crippen LogP contribution in [0.1, 0.15) is 37.8 Å². The number of hydrogen-bond acceptors (Lipinski definition) is 2. The van der Waals surface area contributed by atoms with Crippen LogP contribution in [0, 0.1) is 5.92 Å². The standard InChI is InChI=1S/C16H28N2/c1-12(2)10-14-6-8-15(9-7-14)13(3)16(11-17)18(4)5/h6-9,12-13,16H,10-11,17H2,1-5H3. The van der Waals surface area contributed by atoms with E-state index in [1.54, 1.807) is 0 Å². The van der Waals surface area contributed by atoms with Crippen LogP contribution in [0.3, 0.4) is 0 Å². The molecule has 0 saturated heterocycles. The Bertz CT molecular complexity index is 341. The first kappa shape index (κ1) is 15.2. The minimum absolute atomic E-state index is 0.404. The summed E-state index contributed by atoms with van der Waals surface area (Å²) in [4.78, 5) is 2.21. The number of hydrogen-bond donors (Lipinski definition) is 1. The monoisotopic (exact) mass is 248 g/mol. The number of rotatable bonds is 6. The molecular weight excluding hydrogens is 220 g/mol. The second-order valence-corrected chi connectivity index (χ2v) is 5.89. The minimum Gasteiger partial charge on any atom is -0.329 e. The van der Waals surface area contributed by atoms with Crippen LogP contribution in [0.5, 0.6) is 0 Å². The molecule has 2 unspecified atom stereocenters. The van der Waals surface area contributed by atoms with Gasteiger partial charge < -0.3 is 10.6 Å². The maximum absolute atomic E-state index is 5.87. The molecule has 0 aliphatic heterocycles. The maximum Gasteiger partial charge on any atom is 0.0278 e. The third-order valence-corrected chi connectivity index (χ3v) is 3.63. The van der Waals surface area contributed by atoms with Gasteiger partial charge in [0.2, 0.25) is 0 Å². The largest absolute Gasteiger partial charge is 0.329 e. The van der Waals surface area contributed by atoms with Crippen molar-refractivity contribution in [2.45, 2.75) is 39.2 Å². The first-order valence-electron chi connectivity index (χ1n) is 6.91. The Balaban J connectivity index is 2.77. The molecule has 0 fully saturated rings. The lowest BCUT2D eigenvalue weighted by molar-refractivity contribution is 0.267. The molecule has 0 aliphatic carbocycles. The predicted octanol–water partition coefficient (Wildman–Crippen LogP) is 2.88. The average Bonchev–Trinajstić information content (AvgIpc) is 2.29. The predicted molar refractivity (Wildman–Crippen MR) is 79.9 cm³/mol. The van der Waals surface area contributed by atoms with Crippen LogP contribution >= 0.6 is 0 Å². The normalized spacial score (nSPS) is 15.1. The van der Waals surface area contributed by atoms with Crippen LogP contribution in [0.4, 0.5) is 0 Å². The van der Waals surface area contributed by atoms with Crippen molar-refractivity contribution in [3.8, 4) is 0 Å². The Morgan fingerprint density at radius 3 is 2.00 bits per heavy atom. The van der Waals surface area contributed by atoms with Gasteiger partial charge in [-0.25, -0.2) is 0 Å². The van der Waals surface area contributed by atoms with Crippen molar-refractivity contribution < 1.29 is 0 Å². The van der Waals surface area contributed by atoms with E-state index in [0.717, 1.165) is 6.42 Å². The van der Waals surface area contributed by atoms with Crippen molar-refractivity contribution in [3.05, 3.63) is 35.4 Å². The Morgan fingerprint density at radius 2 is 1.61 bits per heavy atom. The molecule has 0 aromatic heterocycles. The zero-order chi connectivity index (χ0) is 13.7. The van der Waals surface area contributed by atoms with Gasteiger partial charge >= 0.3 is 0 Å². The fraction of sp³-hybridized carbons (Fsp3) is 0.625. The van der Waals surface area contributed by atoms with Crippen LogP contribution < -0.4 is 5.73 Å². The van der Waals surface area contributed by atoms with E-state index in [4.69, 9.17) is 5.73 Å². The van der Waals surface area contributed by atoms with Gasteiger partial charge in [-0.05, 0) is 43.5 Å². The number of nitrogens with zero attached hydrogens (tertiary/aromatic N) is 1. The highest BCUT2D eigenvalue weighted by molar-refractivity contribution is 5.26. The third kappa shape index (κ3) is 4.11. The van der Waals surface area contributed by atoms with Gasteiger partial charge in [0.05, 0.1) is 0 Å². The zero-order valence-electron chi connectivity index (χ0n) is 12.5. The van der Waals surface area contributed by atoms with Gasteiger partial charge in [0.1, 0.15) is 0 Å². The van der Waals surface area contributed by atoms with Crippen molar-refractivity contribution >= 4 is 0 Å².